The first-order valence-corrected chi connectivity index (χ1v) is 4.08. The minimum Gasteiger partial charge on any atom is -0.481 e. The summed E-state index contributed by atoms with van der Waals surface area (Å²) < 4.78 is 38.7. The highest BCUT2D eigenvalue weighted by atomic mass is 19.4. The van der Waals surface area contributed by atoms with E-state index in [9.17, 15) is 18.0 Å². The molecule has 0 aliphatic carbocycles. The third kappa shape index (κ3) is 2.71. The molecule has 7 heteroatoms. The van der Waals surface area contributed by atoms with Gasteiger partial charge in [0.2, 0.25) is 0 Å². The number of carboxylic acids is 1. The standard InChI is InChI=1S/C8H9F3N2O2/c1-13-3-2-12-7(13)5(4-6(14)15)8(9,10)11/h2-3,5H,4H2,1H3,(H,14,15)/t5-/m1/s1. The molecule has 0 fully saturated rings. The van der Waals surface area contributed by atoms with Crippen molar-refractivity contribution in [3.05, 3.63) is 18.2 Å². The topological polar surface area (TPSA) is 55.1 Å². The van der Waals surface area contributed by atoms with Crippen LogP contribution in [0.15, 0.2) is 12.4 Å². The number of nitrogens with zero attached hydrogens (tertiary/aromatic N) is 2. The molecule has 1 aromatic rings. The van der Waals surface area contributed by atoms with Crippen LogP contribution >= 0.6 is 0 Å². The van der Waals surface area contributed by atoms with Gasteiger partial charge in [0.1, 0.15) is 11.7 Å². The molecule has 0 aromatic carbocycles. The Bertz CT molecular complexity index is 359. The van der Waals surface area contributed by atoms with Gasteiger partial charge in [0.15, 0.2) is 0 Å². The maximum absolute atomic E-state index is 12.5. The molecule has 0 bridgehead atoms. The number of halogens is 3. The smallest absolute Gasteiger partial charge is 0.399 e. The molecule has 0 spiro atoms. The number of aromatic nitrogens is 2. The van der Waals surface area contributed by atoms with Crippen molar-refractivity contribution in [2.75, 3.05) is 0 Å². The van der Waals surface area contributed by atoms with Crippen LogP contribution in [0.5, 0.6) is 0 Å². The minimum absolute atomic E-state index is 0.287. The van der Waals surface area contributed by atoms with E-state index in [1.807, 2.05) is 0 Å². The highest BCUT2D eigenvalue weighted by molar-refractivity contribution is 5.68. The maximum atomic E-state index is 12.5. The number of carbonyl (C=O) groups is 1. The van der Waals surface area contributed by atoms with Crippen LogP contribution in [0.3, 0.4) is 0 Å². The molecule has 1 rings (SSSR count). The highest BCUT2D eigenvalue weighted by Crippen LogP contribution is 2.36. The van der Waals surface area contributed by atoms with Crippen molar-refractivity contribution < 1.29 is 23.1 Å². The number of imidazole rings is 1. The van der Waals surface area contributed by atoms with Gasteiger partial charge in [-0.15, -0.1) is 0 Å². The summed E-state index contributed by atoms with van der Waals surface area (Å²) >= 11 is 0. The molecule has 0 aliphatic heterocycles. The zero-order valence-electron chi connectivity index (χ0n) is 7.82. The van der Waals surface area contributed by atoms with Gasteiger partial charge in [0.25, 0.3) is 0 Å². The fourth-order valence-electron chi connectivity index (χ4n) is 1.24. The Balaban J connectivity index is 3.02. The second kappa shape index (κ2) is 3.92. The molecule has 1 N–H and O–H groups in total. The number of hydrogen-bond acceptors (Lipinski definition) is 2. The maximum Gasteiger partial charge on any atom is 0.399 e. The number of aliphatic carboxylic acids is 1. The second-order valence-electron chi connectivity index (χ2n) is 3.09. The third-order valence-corrected chi connectivity index (χ3v) is 1.94. The molecule has 84 valence electrons. The molecule has 0 unspecified atom stereocenters. The van der Waals surface area contributed by atoms with Gasteiger partial charge in [0.05, 0.1) is 6.42 Å². The molecule has 0 aliphatic rings. The summed E-state index contributed by atoms with van der Waals surface area (Å²) in [5, 5.41) is 8.40. The van der Waals surface area contributed by atoms with E-state index in [1.54, 1.807) is 0 Å². The van der Waals surface area contributed by atoms with Crippen LogP contribution in [0.2, 0.25) is 0 Å². The van der Waals surface area contributed by atoms with Crippen LogP contribution in [0, 0.1) is 0 Å². The van der Waals surface area contributed by atoms with Crippen molar-refractivity contribution in [1.82, 2.24) is 9.55 Å². The lowest BCUT2D eigenvalue weighted by molar-refractivity contribution is -0.164. The number of carboxylic acid groups (broad SMARTS) is 1. The Labute approximate surface area is 83.3 Å². The molecular weight excluding hydrogens is 213 g/mol. The van der Waals surface area contributed by atoms with Crippen LogP contribution in [0.4, 0.5) is 13.2 Å². The fourth-order valence-corrected chi connectivity index (χ4v) is 1.24. The van der Waals surface area contributed by atoms with Gasteiger partial charge in [-0.3, -0.25) is 4.79 Å². The molecule has 1 aromatic heterocycles. The van der Waals surface area contributed by atoms with E-state index < -0.39 is 24.5 Å². The molecule has 15 heavy (non-hydrogen) atoms. The van der Waals surface area contributed by atoms with Crippen molar-refractivity contribution >= 4 is 5.97 Å². The van der Waals surface area contributed by atoms with Crippen LogP contribution in [0.25, 0.3) is 0 Å². The van der Waals surface area contributed by atoms with Crippen molar-refractivity contribution in [2.24, 2.45) is 7.05 Å². The number of aryl methyl sites for hydroxylation is 1. The van der Waals surface area contributed by atoms with E-state index in [2.05, 4.69) is 4.98 Å². The molecule has 1 atom stereocenters. The molecule has 1 heterocycles. The lowest BCUT2D eigenvalue weighted by Gasteiger charge is -2.17. The Kier molecular flexibility index (Phi) is 3.01. The summed E-state index contributed by atoms with van der Waals surface area (Å²) in [5.74, 6) is -3.85. The van der Waals surface area contributed by atoms with E-state index in [0.29, 0.717) is 0 Å². The first-order chi connectivity index (χ1) is 6.82. The summed E-state index contributed by atoms with van der Waals surface area (Å²) in [6.07, 6.45) is -3.06. The quantitative estimate of drug-likeness (QED) is 0.843. The fraction of sp³-hybridized carbons (Fsp3) is 0.500. The lowest BCUT2D eigenvalue weighted by Crippen LogP contribution is -2.26. The van der Waals surface area contributed by atoms with E-state index in [-0.39, 0.29) is 5.82 Å². The summed E-state index contributed by atoms with van der Waals surface area (Å²) in [7, 11) is 1.39. The lowest BCUT2D eigenvalue weighted by atomic mass is 10.0. The molecule has 0 saturated heterocycles. The third-order valence-electron chi connectivity index (χ3n) is 1.94. The van der Waals surface area contributed by atoms with Crippen molar-refractivity contribution in [2.45, 2.75) is 18.5 Å². The molecule has 0 amide bonds. The van der Waals surface area contributed by atoms with Crippen LogP contribution in [0.1, 0.15) is 18.2 Å². The van der Waals surface area contributed by atoms with E-state index in [1.165, 1.54) is 24.0 Å². The second-order valence-corrected chi connectivity index (χ2v) is 3.09. The van der Waals surface area contributed by atoms with E-state index in [4.69, 9.17) is 5.11 Å². The van der Waals surface area contributed by atoms with Gasteiger partial charge >= 0.3 is 12.1 Å². The Morgan fingerprint density at radius 1 is 1.67 bits per heavy atom. The molecule has 0 radical (unpaired) electrons. The van der Waals surface area contributed by atoms with Crippen molar-refractivity contribution in [1.29, 1.82) is 0 Å². The summed E-state index contributed by atoms with van der Waals surface area (Å²) in [4.78, 5) is 13.8. The van der Waals surface area contributed by atoms with Gasteiger partial charge in [0, 0.05) is 19.4 Å². The highest BCUT2D eigenvalue weighted by Gasteiger charge is 2.44. The SMILES string of the molecule is Cn1ccnc1[C@@H](CC(=O)O)C(F)(F)F. The van der Waals surface area contributed by atoms with Gasteiger partial charge in [-0.05, 0) is 0 Å². The summed E-state index contributed by atoms with van der Waals surface area (Å²) in [6, 6.07) is 0. The normalized spacial score (nSPS) is 13.9. The summed E-state index contributed by atoms with van der Waals surface area (Å²) in [6.45, 7) is 0. The average molecular weight is 222 g/mol. The number of alkyl halides is 3. The first kappa shape index (κ1) is 11.5. The van der Waals surface area contributed by atoms with Gasteiger partial charge < -0.3 is 9.67 Å². The zero-order chi connectivity index (χ0) is 11.6. The Morgan fingerprint density at radius 2 is 2.27 bits per heavy atom. The van der Waals surface area contributed by atoms with Crippen molar-refractivity contribution in [3.63, 3.8) is 0 Å². The molecular formula is C8H9F3N2O2. The van der Waals surface area contributed by atoms with Crippen LogP contribution < -0.4 is 0 Å². The minimum atomic E-state index is -4.60. The zero-order valence-corrected chi connectivity index (χ0v) is 7.82. The molecule has 0 saturated carbocycles. The monoisotopic (exact) mass is 222 g/mol. The average Bonchev–Trinajstić information content (AvgIpc) is 2.45. The Morgan fingerprint density at radius 3 is 2.60 bits per heavy atom. The molecule has 4 nitrogen and oxygen atoms in total. The van der Waals surface area contributed by atoms with E-state index in [0.717, 1.165) is 0 Å². The Hall–Kier alpha value is -1.53. The number of rotatable bonds is 3. The van der Waals surface area contributed by atoms with Crippen LogP contribution in [-0.2, 0) is 11.8 Å². The number of hydrogen-bond donors (Lipinski definition) is 1. The predicted molar refractivity (Wildman–Crippen MR) is 44.3 cm³/mol. The van der Waals surface area contributed by atoms with Gasteiger partial charge in [-0.2, -0.15) is 13.2 Å². The first-order valence-electron chi connectivity index (χ1n) is 4.08. The van der Waals surface area contributed by atoms with Crippen molar-refractivity contribution in [3.8, 4) is 0 Å². The van der Waals surface area contributed by atoms with Crippen LogP contribution in [-0.4, -0.2) is 26.8 Å². The predicted octanol–water partition coefficient (Wildman–Crippen LogP) is 1.54. The van der Waals surface area contributed by atoms with E-state index >= 15 is 0 Å². The van der Waals surface area contributed by atoms with Gasteiger partial charge in [-0.1, -0.05) is 0 Å². The summed E-state index contributed by atoms with van der Waals surface area (Å²) in [5.41, 5.74) is 0. The largest absolute Gasteiger partial charge is 0.481 e. The van der Waals surface area contributed by atoms with Gasteiger partial charge in [-0.25, -0.2) is 4.98 Å².